The van der Waals surface area contributed by atoms with Crippen LogP contribution in [0.4, 0.5) is 4.79 Å². The van der Waals surface area contributed by atoms with Crippen molar-refractivity contribution in [2.24, 2.45) is 0 Å². The number of likely N-dealkylation sites (tertiary alicyclic amines) is 1. The molecule has 1 aliphatic rings. The van der Waals surface area contributed by atoms with E-state index in [-0.39, 0.29) is 13.0 Å². The summed E-state index contributed by atoms with van der Waals surface area (Å²) in [4.78, 5) is 24.1. The van der Waals surface area contributed by atoms with Crippen LogP contribution in [-0.2, 0) is 14.3 Å². The molecule has 0 aromatic rings. The summed E-state index contributed by atoms with van der Waals surface area (Å²) in [6.07, 6.45) is -1.72. The number of methoxy groups -OCH3 is 1. The van der Waals surface area contributed by atoms with Crippen molar-refractivity contribution in [3.8, 4) is 0 Å². The minimum atomic E-state index is -2.63. The van der Waals surface area contributed by atoms with Crippen LogP contribution in [0.1, 0.15) is 31.3 Å². The first kappa shape index (κ1) is 9.70. The fourth-order valence-electron chi connectivity index (χ4n) is 1.64. The molecule has 1 amide bonds. The first-order chi connectivity index (χ1) is 8.89. The van der Waals surface area contributed by atoms with E-state index in [1.165, 1.54) is 0 Å². The third-order valence-electron chi connectivity index (χ3n) is 2.34. The molecule has 0 aromatic carbocycles. The Labute approximate surface area is 105 Å². The van der Waals surface area contributed by atoms with Crippen LogP contribution in [0.3, 0.4) is 0 Å². The molecule has 6 heteroatoms. The van der Waals surface area contributed by atoms with Gasteiger partial charge in [-0.25, -0.2) is 9.59 Å². The van der Waals surface area contributed by atoms with E-state index < -0.39 is 36.8 Å². The van der Waals surface area contributed by atoms with Crippen molar-refractivity contribution in [1.82, 2.24) is 4.90 Å². The van der Waals surface area contributed by atoms with Gasteiger partial charge in [0.15, 0.2) is 0 Å². The molecule has 98 valence electrons. The Morgan fingerprint density at radius 3 is 2.59 bits per heavy atom. The van der Waals surface area contributed by atoms with Gasteiger partial charge in [0, 0.05) is 13.5 Å². The van der Waals surface area contributed by atoms with Gasteiger partial charge >= 0.3 is 12.1 Å². The summed E-state index contributed by atoms with van der Waals surface area (Å²) >= 11 is 0. The SMILES string of the molecule is [2H]C([2H])([2H])O[C@@H]1C[C@H](C(=O)O)N(C(=O)OC(C)(C)C)C1. The number of hydrogen-bond donors (Lipinski definition) is 1. The molecule has 0 spiro atoms. The monoisotopic (exact) mass is 248 g/mol. The zero-order valence-electron chi connectivity index (χ0n) is 13.1. The molecule has 1 rings (SSSR count). The minimum Gasteiger partial charge on any atom is -0.480 e. The quantitative estimate of drug-likeness (QED) is 0.791. The third kappa shape index (κ3) is 3.59. The fraction of sp³-hybridized carbons (Fsp3) is 0.818. The molecule has 0 saturated carbocycles. The Morgan fingerprint density at radius 1 is 1.47 bits per heavy atom. The Hall–Kier alpha value is -1.30. The van der Waals surface area contributed by atoms with Crippen LogP contribution in [0.5, 0.6) is 0 Å². The Morgan fingerprint density at radius 2 is 2.12 bits per heavy atom. The predicted molar refractivity (Wildman–Crippen MR) is 59.8 cm³/mol. The van der Waals surface area contributed by atoms with Gasteiger partial charge in [-0.15, -0.1) is 0 Å². The number of rotatable bonds is 2. The zero-order valence-corrected chi connectivity index (χ0v) is 10.1. The van der Waals surface area contributed by atoms with E-state index in [1.807, 2.05) is 0 Å². The lowest BCUT2D eigenvalue weighted by atomic mass is 10.2. The first-order valence-electron chi connectivity index (χ1n) is 6.79. The zero-order chi connectivity index (χ0) is 15.7. The second-order valence-corrected chi connectivity index (χ2v) is 4.96. The van der Waals surface area contributed by atoms with Gasteiger partial charge in [0.2, 0.25) is 0 Å². The van der Waals surface area contributed by atoms with Gasteiger partial charge in [-0.1, -0.05) is 0 Å². The summed E-state index contributed by atoms with van der Waals surface area (Å²) < 4.78 is 30.9. The number of ether oxygens (including phenoxy) is 2. The van der Waals surface area contributed by atoms with Gasteiger partial charge < -0.3 is 14.6 Å². The normalized spacial score (nSPS) is 28.2. The molecule has 1 saturated heterocycles. The Kier molecular flexibility index (Phi) is 2.80. The molecule has 0 radical (unpaired) electrons. The number of aliphatic carboxylic acids is 1. The van der Waals surface area contributed by atoms with E-state index >= 15 is 0 Å². The van der Waals surface area contributed by atoms with Crippen LogP contribution in [0.15, 0.2) is 0 Å². The van der Waals surface area contributed by atoms with E-state index in [1.54, 1.807) is 20.8 Å². The molecule has 17 heavy (non-hydrogen) atoms. The summed E-state index contributed by atoms with van der Waals surface area (Å²) in [5.41, 5.74) is -0.761. The highest BCUT2D eigenvalue weighted by atomic mass is 16.6. The van der Waals surface area contributed by atoms with Crippen LogP contribution in [0.2, 0.25) is 0 Å². The number of hydrogen-bond acceptors (Lipinski definition) is 4. The predicted octanol–water partition coefficient (Wildman–Crippen LogP) is 1.10. The molecular weight excluding hydrogens is 226 g/mol. The molecule has 2 atom stereocenters. The van der Waals surface area contributed by atoms with Gasteiger partial charge in [-0.2, -0.15) is 0 Å². The van der Waals surface area contributed by atoms with Crippen LogP contribution in [0, 0.1) is 0 Å². The van der Waals surface area contributed by atoms with Crippen LogP contribution < -0.4 is 0 Å². The summed E-state index contributed by atoms with van der Waals surface area (Å²) in [6, 6.07) is -1.14. The first-order valence-corrected chi connectivity index (χ1v) is 5.29. The topological polar surface area (TPSA) is 76.1 Å². The molecule has 0 bridgehead atoms. The summed E-state index contributed by atoms with van der Waals surface area (Å²) in [5.74, 6) is -1.22. The Bertz CT molecular complexity index is 391. The molecule has 0 aromatic heterocycles. The maximum atomic E-state index is 11.9. The van der Waals surface area contributed by atoms with Crippen molar-refractivity contribution in [2.45, 2.75) is 44.9 Å². The largest absolute Gasteiger partial charge is 0.480 e. The van der Waals surface area contributed by atoms with Crippen molar-refractivity contribution >= 4 is 12.1 Å². The molecule has 6 nitrogen and oxygen atoms in total. The summed E-state index contributed by atoms with van der Waals surface area (Å²) in [7, 11) is -2.63. The average Bonchev–Trinajstić information content (AvgIpc) is 2.56. The average molecular weight is 248 g/mol. The lowest BCUT2D eigenvalue weighted by Crippen LogP contribution is -2.43. The van der Waals surface area contributed by atoms with E-state index in [0.717, 1.165) is 4.90 Å². The summed E-state index contributed by atoms with van der Waals surface area (Å²) in [5, 5.41) is 9.10. The Balaban J connectivity index is 2.78. The van der Waals surface area contributed by atoms with Crippen molar-refractivity contribution in [1.29, 1.82) is 0 Å². The van der Waals surface area contributed by atoms with E-state index in [0.29, 0.717) is 0 Å². The van der Waals surface area contributed by atoms with Crippen LogP contribution in [0.25, 0.3) is 0 Å². The van der Waals surface area contributed by atoms with Gasteiger partial charge in [0.25, 0.3) is 0 Å². The highest BCUT2D eigenvalue weighted by molar-refractivity contribution is 5.81. The van der Waals surface area contributed by atoms with Gasteiger partial charge in [0.1, 0.15) is 11.6 Å². The molecule has 1 N–H and O–H groups in total. The van der Waals surface area contributed by atoms with Crippen molar-refractivity contribution in [3.05, 3.63) is 0 Å². The number of carbonyl (C=O) groups excluding carboxylic acids is 1. The minimum absolute atomic E-state index is 0.0764. The smallest absolute Gasteiger partial charge is 0.411 e. The molecule has 1 aliphatic heterocycles. The second-order valence-electron chi connectivity index (χ2n) is 4.96. The maximum absolute atomic E-state index is 11.9. The number of carbonyl (C=O) groups is 2. The van der Waals surface area contributed by atoms with E-state index in [4.69, 9.17) is 18.7 Å². The van der Waals surface area contributed by atoms with Crippen LogP contribution in [-0.4, -0.2) is 53.4 Å². The van der Waals surface area contributed by atoms with Gasteiger partial charge in [0.05, 0.1) is 16.8 Å². The molecule has 1 heterocycles. The van der Waals surface area contributed by atoms with Crippen molar-refractivity contribution in [2.75, 3.05) is 13.6 Å². The number of carboxylic acids is 1. The lowest BCUT2D eigenvalue weighted by Gasteiger charge is -2.26. The highest BCUT2D eigenvalue weighted by Gasteiger charge is 2.41. The molecular formula is C11H19NO5. The molecule has 1 fully saturated rings. The van der Waals surface area contributed by atoms with Gasteiger partial charge in [-0.05, 0) is 20.8 Å². The number of amides is 1. The third-order valence-corrected chi connectivity index (χ3v) is 2.34. The fourth-order valence-corrected chi connectivity index (χ4v) is 1.64. The highest BCUT2D eigenvalue weighted by Crippen LogP contribution is 2.22. The molecule has 0 unspecified atom stereocenters. The molecule has 0 aliphatic carbocycles. The van der Waals surface area contributed by atoms with Crippen molar-refractivity contribution in [3.63, 3.8) is 0 Å². The van der Waals surface area contributed by atoms with E-state index in [2.05, 4.69) is 0 Å². The lowest BCUT2D eigenvalue weighted by molar-refractivity contribution is -0.142. The van der Waals surface area contributed by atoms with Crippen LogP contribution >= 0.6 is 0 Å². The number of nitrogens with zero attached hydrogens (tertiary/aromatic N) is 1. The van der Waals surface area contributed by atoms with Gasteiger partial charge in [-0.3, -0.25) is 4.90 Å². The second kappa shape index (κ2) is 4.91. The van der Waals surface area contributed by atoms with E-state index in [9.17, 15) is 9.59 Å². The standard InChI is InChI=1S/C11H19NO5/c1-11(2,3)17-10(15)12-6-7(16-4)5-8(12)9(13)14/h7-8H,5-6H2,1-4H3,(H,13,14)/t7-,8-/m1/s1/i4D3. The van der Waals surface area contributed by atoms with Crippen molar-refractivity contribution < 1.29 is 28.3 Å². The summed E-state index contributed by atoms with van der Waals surface area (Å²) in [6.45, 7) is 4.86. The maximum Gasteiger partial charge on any atom is 0.411 e. The number of carboxylic acid groups (broad SMARTS) is 1.